The summed E-state index contributed by atoms with van der Waals surface area (Å²) < 4.78 is 13.3. The lowest BCUT2D eigenvalue weighted by Crippen LogP contribution is -2.40. The largest absolute Gasteiger partial charge is 0.325 e. The Morgan fingerprint density at radius 2 is 1.96 bits per heavy atom. The molecule has 1 atom stereocenters. The summed E-state index contributed by atoms with van der Waals surface area (Å²) in [4.78, 5) is 26.1. The fraction of sp³-hybridized carbons (Fsp3) is 0.167. The standard InChI is InChI=1S/C18H14FN3O2/c1-18(14-6-2-4-12(8-14)10-20)16(23)22(17(24)21-18)11-13-5-3-7-15(19)9-13/h2-9H,11H2,1H3,(H,21,24). The summed E-state index contributed by atoms with van der Waals surface area (Å²) in [6.45, 7) is 1.57. The highest BCUT2D eigenvalue weighted by atomic mass is 19.1. The van der Waals surface area contributed by atoms with Crippen LogP contribution >= 0.6 is 0 Å². The maximum Gasteiger partial charge on any atom is 0.325 e. The minimum atomic E-state index is -1.25. The van der Waals surface area contributed by atoms with Gasteiger partial charge in [0.15, 0.2) is 0 Å². The number of amides is 3. The molecule has 6 heteroatoms. The number of hydrogen-bond donors (Lipinski definition) is 1. The predicted molar refractivity (Wildman–Crippen MR) is 84.0 cm³/mol. The van der Waals surface area contributed by atoms with Crippen molar-refractivity contribution in [3.05, 3.63) is 71.0 Å². The number of imide groups is 1. The van der Waals surface area contributed by atoms with Crippen molar-refractivity contribution in [1.29, 1.82) is 5.26 Å². The Morgan fingerprint density at radius 1 is 1.21 bits per heavy atom. The van der Waals surface area contributed by atoms with Crippen LogP contribution in [-0.2, 0) is 16.9 Å². The number of hydrogen-bond acceptors (Lipinski definition) is 3. The van der Waals surface area contributed by atoms with Gasteiger partial charge in [-0.15, -0.1) is 0 Å². The second-order valence-electron chi connectivity index (χ2n) is 5.77. The monoisotopic (exact) mass is 323 g/mol. The molecule has 0 saturated carbocycles. The van der Waals surface area contributed by atoms with Crippen LogP contribution in [0.2, 0.25) is 0 Å². The van der Waals surface area contributed by atoms with Gasteiger partial charge in [0.2, 0.25) is 0 Å². The molecule has 2 aromatic rings. The van der Waals surface area contributed by atoms with Gasteiger partial charge < -0.3 is 5.32 Å². The van der Waals surface area contributed by atoms with E-state index in [4.69, 9.17) is 5.26 Å². The molecule has 1 heterocycles. The van der Waals surface area contributed by atoms with Gasteiger partial charge in [-0.2, -0.15) is 5.26 Å². The number of benzene rings is 2. The molecule has 1 aliphatic rings. The molecule has 120 valence electrons. The maximum atomic E-state index is 13.3. The molecule has 0 spiro atoms. The topological polar surface area (TPSA) is 73.2 Å². The van der Waals surface area contributed by atoms with Gasteiger partial charge in [-0.05, 0) is 42.3 Å². The quantitative estimate of drug-likeness (QED) is 0.883. The summed E-state index contributed by atoms with van der Waals surface area (Å²) >= 11 is 0. The van der Waals surface area contributed by atoms with E-state index in [9.17, 15) is 14.0 Å². The van der Waals surface area contributed by atoms with Gasteiger partial charge >= 0.3 is 6.03 Å². The third-order valence-electron chi connectivity index (χ3n) is 4.07. The molecule has 0 radical (unpaired) electrons. The van der Waals surface area contributed by atoms with Crippen molar-refractivity contribution >= 4 is 11.9 Å². The highest BCUT2D eigenvalue weighted by Gasteiger charge is 2.48. The Labute approximate surface area is 138 Å². The molecule has 2 aromatic carbocycles. The number of rotatable bonds is 3. The zero-order chi connectivity index (χ0) is 17.3. The first-order chi connectivity index (χ1) is 11.4. The molecule has 5 nitrogen and oxygen atoms in total. The molecule has 0 aromatic heterocycles. The zero-order valence-corrected chi connectivity index (χ0v) is 12.9. The zero-order valence-electron chi connectivity index (χ0n) is 12.9. The van der Waals surface area contributed by atoms with E-state index in [1.54, 1.807) is 37.3 Å². The van der Waals surface area contributed by atoms with Gasteiger partial charge in [-0.25, -0.2) is 9.18 Å². The van der Waals surface area contributed by atoms with Gasteiger partial charge in [-0.1, -0.05) is 24.3 Å². The Morgan fingerprint density at radius 3 is 2.67 bits per heavy atom. The highest BCUT2D eigenvalue weighted by molar-refractivity contribution is 6.07. The summed E-state index contributed by atoms with van der Waals surface area (Å²) in [5.41, 5.74) is 0.201. The lowest BCUT2D eigenvalue weighted by Gasteiger charge is -2.22. The number of nitrogens with one attached hydrogen (secondary N) is 1. The van der Waals surface area contributed by atoms with E-state index < -0.39 is 23.3 Å². The van der Waals surface area contributed by atoms with E-state index in [1.165, 1.54) is 18.2 Å². The average Bonchev–Trinajstić information content (AvgIpc) is 2.79. The van der Waals surface area contributed by atoms with Crippen LogP contribution in [-0.4, -0.2) is 16.8 Å². The van der Waals surface area contributed by atoms with Crippen molar-refractivity contribution in [3.8, 4) is 6.07 Å². The van der Waals surface area contributed by atoms with E-state index >= 15 is 0 Å². The molecule has 3 rings (SSSR count). The molecule has 3 amide bonds. The molecule has 1 fully saturated rings. The molecular formula is C18H14FN3O2. The van der Waals surface area contributed by atoms with Crippen LogP contribution in [0.3, 0.4) is 0 Å². The SMILES string of the molecule is CC1(c2cccc(C#N)c2)NC(=O)N(Cc2cccc(F)c2)C1=O. The molecule has 0 aliphatic carbocycles. The highest BCUT2D eigenvalue weighted by Crippen LogP contribution is 2.30. The Kier molecular flexibility index (Phi) is 3.78. The van der Waals surface area contributed by atoms with Crippen molar-refractivity contribution in [2.24, 2.45) is 0 Å². The van der Waals surface area contributed by atoms with Crippen LogP contribution in [0, 0.1) is 17.1 Å². The van der Waals surface area contributed by atoms with Gasteiger partial charge in [0.1, 0.15) is 11.4 Å². The van der Waals surface area contributed by atoms with Crippen LogP contribution in [0.25, 0.3) is 0 Å². The van der Waals surface area contributed by atoms with E-state index in [1.807, 2.05) is 6.07 Å². The number of halogens is 1. The predicted octanol–water partition coefficient (Wildman–Crippen LogP) is 2.66. The van der Waals surface area contributed by atoms with Crippen molar-refractivity contribution in [1.82, 2.24) is 10.2 Å². The maximum absolute atomic E-state index is 13.3. The van der Waals surface area contributed by atoms with Crippen LogP contribution in [0.1, 0.15) is 23.6 Å². The van der Waals surface area contributed by atoms with Crippen molar-refractivity contribution in [2.45, 2.75) is 19.0 Å². The molecule has 1 N–H and O–H groups in total. The minimum absolute atomic E-state index is 0.0179. The van der Waals surface area contributed by atoms with Crippen LogP contribution in [0.5, 0.6) is 0 Å². The normalized spacial score (nSPS) is 20.0. The number of carbonyl (C=O) groups is 2. The van der Waals surface area contributed by atoms with Crippen molar-refractivity contribution < 1.29 is 14.0 Å². The second-order valence-corrected chi connectivity index (χ2v) is 5.77. The number of nitrogens with zero attached hydrogens (tertiary/aromatic N) is 2. The Bertz CT molecular complexity index is 875. The van der Waals surface area contributed by atoms with Crippen LogP contribution < -0.4 is 5.32 Å². The second kappa shape index (κ2) is 5.78. The Balaban J connectivity index is 1.92. The first-order valence-corrected chi connectivity index (χ1v) is 7.33. The molecule has 24 heavy (non-hydrogen) atoms. The first-order valence-electron chi connectivity index (χ1n) is 7.33. The minimum Gasteiger partial charge on any atom is -0.319 e. The van der Waals surface area contributed by atoms with Crippen molar-refractivity contribution in [2.75, 3.05) is 0 Å². The lowest BCUT2D eigenvalue weighted by molar-refractivity contribution is -0.131. The van der Waals surface area contributed by atoms with Gasteiger partial charge in [0.05, 0.1) is 18.2 Å². The fourth-order valence-corrected chi connectivity index (χ4v) is 2.75. The van der Waals surface area contributed by atoms with E-state index in [2.05, 4.69) is 5.32 Å². The number of nitriles is 1. The number of carbonyl (C=O) groups excluding carboxylic acids is 2. The van der Waals surface area contributed by atoms with Crippen molar-refractivity contribution in [3.63, 3.8) is 0 Å². The number of urea groups is 1. The first kappa shape index (κ1) is 15.7. The molecule has 1 saturated heterocycles. The third-order valence-corrected chi connectivity index (χ3v) is 4.07. The average molecular weight is 323 g/mol. The fourth-order valence-electron chi connectivity index (χ4n) is 2.75. The summed E-state index contributed by atoms with van der Waals surface area (Å²) in [7, 11) is 0. The van der Waals surface area contributed by atoms with Crippen LogP contribution in [0.15, 0.2) is 48.5 Å². The van der Waals surface area contributed by atoms with Gasteiger partial charge in [-0.3, -0.25) is 9.69 Å². The van der Waals surface area contributed by atoms with E-state index in [0.29, 0.717) is 16.7 Å². The van der Waals surface area contributed by atoms with Gasteiger partial charge in [0, 0.05) is 0 Å². The van der Waals surface area contributed by atoms with E-state index in [0.717, 1.165) is 4.90 Å². The molecule has 0 bridgehead atoms. The van der Waals surface area contributed by atoms with Gasteiger partial charge in [0.25, 0.3) is 5.91 Å². The summed E-state index contributed by atoms with van der Waals surface area (Å²) in [5, 5.41) is 11.7. The smallest absolute Gasteiger partial charge is 0.319 e. The summed E-state index contributed by atoms with van der Waals surface area (Å²) in [5.74, 6) is -0.865. The molecular weight excluding hydrogens is 309 g/mol. The summed E-state index contributed by atoms with van der Waals surface area (Å²) in [6.07, 6.45) is 0. The molecule has 1 aliphatic heterocycles. The van der Waals surface area contributed by atoms with Crippen LogP contribution in [0.4, 0.5) is 9.18 Å². The third kappa shape index (κ3) is 2.61. The summed E-state index contributed by atoms with van der Waals surface area (Å²) in [6, 6.07) is 13.8. The lowest BCUT2D eigenvalue weighted by atomic mass is 9.91. The van der Waals surface area contributed by atoms with E-state index in [-0.39, 0.29) is 6.54 Å². The Hall–Kier alpha value is -3.20. The molecule has 1 unspecified atom stereocenters.